The lowest BCUT2D eigenvalue weighted by Gasteiger charge is -2.19. The Morgan fingerprint density at radius 3 is 2.52 bits per heavy atom. The highest BCUT2D eigenvalue weighted by molar-refractivity contribution is 5.85. The molecule has 0 aliphatic heterocycles. The van der Waals surface area contributed by atoms with E-state index in [1.54, 1.807) is 30.4 Å². The van der Waals surface area contributed by atoms with Gasteiger partial charge in [-0.05, 0) is 47.1 Å². The first-order valence-electron chi connectivity index (χ1n) is 9.61. The molecule has 0 heterocycles. The molecule has 1 aliphatic rings. The SMILES string of the molecule is CC(C)(C)c1ccc(C2CC2C(=O)NN=CC=Cc2ccccc2[N+](=O)[O-])cc1. The smallest absolute Gasteiger partial charge is 0.273 e. The van der Waals surface area contributed by atoms with Gasteiger partial charge in [0.15, 0.2) is 0 Å². The van der Waals surface area contributed by atoms with E-state index in [1.165, 1.54) is 23.4 Å². The number of nitro groups is 1. The second-order valence-electron chi connectivity index (χ2n) is 8.25. The number of allylic oxidation sites excluding steroid dienone is 1. The highest BCUT2D eigenvalue weighted by Gasteiger charge is 2.43. The number of benzene rings is 2. The van der Waals surface area contributed by atoms with Gasteiger partial charge in [0.05, 0.1) is 10.5 Å². The Morgan fingerprint density at radius 1 is 1.17 bits per heavy atom. The summed E-state index contributed by atoms with van der Waals surface area (Å²) < 4.78 is 0. The van der Waals surface area contributed by atoms with Crippen molar-refractivity contribution in [3.05, 3.63) is 81.4 Å². The molecule has 1 saturated carbocycles. The molecule has 1 fully saturated rings. The van der Waals surface area contributed by atoms with Crippen molar-refractivity contribution in [3.63, 3.8) is 0 Å². The molecule has 1 N–H and O–H groups in total. The molecule has 1 aliphatic carbocycles. The number of nitro benzene ring substituents is 1. The molecule has 6 heteroatoms. The molecule has 0 bridgehead atoms. The monoisotopic (exact) mass is 391 g/mol. The fraction of sp³-hybridized carbons (Fsp3) is 0.304. The highest BCUT2D eigenvalue weighted by Crippen LogP contribution is 2.47. The van der Waals surface area contributed by atoms with Crippen LogP contribution in [0.25, 0.3) is 6.08 Å². The average molecular weight is 391 g/mol. The van der Waals surface area contributed by atoms with E-state index >= 15 is 0 Å². The van der Waals surface area contributed by atoms with E-state index in [-0.39, 0.29) is 28.8 Å². The summed E-state index contributed by atoms with van der Waals surface area (Å²) in [7, 11) is 0. The van der Waals surface area contributed by atoms with E-state index in [9.17, 15) is 14.9 Å². The van der Waals surface area contributed by atoms with Crippen LogP contribution < -0.4 is 5.43 Å². The van der Waals surface area contributed by atoms with E-state index < -0.39 is 4.92 Å². The van der Waals surface area contributed by atoms with E-state index in [1.807, 2.05) is 0 Å². The zero-order valence-electron chi connectivity index (χ0n) is 16.8. The number of carbonyl (C=O) groups is 1. The van der Waals surface area contributed by atoms with Crippen LogP contribution in [0.5, 0.6) is 0 Å². The molecule has 1 amide bonds. The Morgan fingerprint density at radius 2 is 1.86 bits per heavy atom. The molecule has 0 radical (unpaired) electrons. The molecule has 2 aromatic carbocycles. The maximum absolute atomic E-state index is 12.3. The molecule has 0 spiro atoms. The number of hydrazone groups is 1. The summed E-state index contributed by atoms with van der Waals surface area (Å²) >= 11 is 0. The van der Waals surface area contributed by atoms with Crippen molar-refractivity contribution in [2.24, 2.45) is 11.0 Å². The predicted molar refractivity (Wildman–Crippen MR) is 115 cm³/mol. The Kier molecular flexibility index (Phi) is 5.92. The van der Waals surface area contributed by atoms with Crippen LogP contribution in [-0.2, 0) is 10.2 Å². The number of rotatable bonds is 6. The lowest BCUT2D eigenvalue weighted by Crippen LogP contribution is -2.19. The number of carbonyl (C=O) groups excluding carboxylic acids is 1. The molecular formula is C23H25N3O3. The molecule has 3 rings (SSSR count). The van der Waals surface area contributed by atoms with Gasteiger partial charge >= 0.3 is 0 Å². The number of nitrogens with zero attached hydrogens (tertiary/aromatic N) is 2. The molecule has 6 nitrogen and oxygen atoms in total. The number of hydrogen-bond donors (Lipinski definition) is 1. The van der Waals surface area contributed by atoms with Gasteiger partial charge < -0.3 is 0 Å². The van der Waals surface area contributed by atoms with Gasteiger partial charge in [-0.2, -0.15) is 5.10 Å². The Balaban J connectivity index is 1.51. The molecule has 2 atom stereocenters. The average Bonchev–Trinajstić information content (AvgIpc) is 3.48. The lowest BCUT2D eigenvalue weighted by atomic mass is 9.86. The van der Waals surface area contributed by atoms with Crippen molar-refractivity contribution in [1.82, 2.24) is 5.43 Å². The van der Waals surface area contributed by atoms with Crippen molar-refractivity contribution < 1.29 is 9.72 Å². The maximum Gasteiger partial charge on any atom is 0.276 e. The van der Waals surface area contributed by atoms with E-state index in [0.717, 1.165) is 6.42 Å². The second kappa shape index (κ2) is 8.39. The van der Waals surface area contributed by atoms with Crippen molar-refractivity contribution in [1.29, 1.82) is 0 Å². The summed E-state index contributed by atoms with van der Waals surface area (Å²) in [6.45, 7) is 6.54. The third kappa shape index (κ3) is 5.16. The van der Waals surface area contributed by atoms with Gasteiger partial charge in [-0.25, -0.2) is 5.43 Å². The molecule has 2 aromatic rings. The van der Waals surface area contributed by atoms with E-state index in [4.69, 9.17) is 0 Å². The van der Waals surface area contributed by atoms with Crippen molar-refractivity contribution in [2.75, 3.05) is 0 Å². The van der Waals surface area contributed by atoms with Crippen LogP contribution in [0.15, 0.2) is 59.7 Å². The van der Waals surface area contributed by atoms with Gasteiger partial charge in [0, 0.05) is 18.2 Å². The van der Waals surface area contributed by atoms with Gasteiger partial charge in [0.2, 0.25) is 5.91 Å². The summed E-state index contributed by atoms with van der Waals surface area (Å²) in [4.78, 5) is 22.8. The second-order valence-corrected chi connectivity index (χ2v) is 8.25. The first-order chi connectivity index (χ1) is 13.8. The normalized spacial score (nSPS) is 18.9. The molecule has 0 aromatic heterocycles. The first kappa shape index (κ1) is 20.5. The van der Waals surface area contributed by atoms with Crippen LogP contribution in [0.4, 0.5) is 5.69 Å². The van der Waals surface area contributed by atoms with Gasteiger partial charge in [0.1, 0.15) is 0 Å². The Labute approximate surface area is 170 Å². The van der Waals surface area contributed by atoms with Crippen LogP contribution in [0, 0.1) is 16.0 Å². The summed E-state index contributed by atoms with van der Waals surface area (Å²) in [5.41, 5.74) is 5.63. The summed E-state index contributed by atoms with van der Waals surface area (Å²) in [6.07, 6.45) is 5.40. The minimum Gasteiger partial charge on any atom is -0.273 e. The van der Waals surface area contributed by atoms with E-state index in [0.29, 0.717) is 5.56 Å². The standard InChI is InChI=1S/C23H25N3O3/c1-23(2,3)18-12-10-16(11-13-18)19-15-20(19)22(27)25-24-14-6-8-17-7-4-5-9-21(17)26(28)29/h4-14,19-20H,15H2,1-3H3,(H,25,27). The fourth-order valence-corrected chi connectivity index (χ4v) is 3.25. The Hall–Kier alpha value is -3.28. The molecule has 29 heavy (non-hydrogen) atoms. The van der Waals surface area contributed by atoms with Crippen LogP contribution in [0.2, 0.25) is 0 Å². The molecule has 0 saturated heterocycles. The van der Waals surface area contributed by atoms with Crippen molar-refractivity contribution >= 4 is 23.9 Å². The predicted octanol–water partition coefficient (Wildman–Crippen LogP) is 4.81. The summed E-state index contributed by atoms with van der Waals surface area (Å²) in [6, 6.07) is 14.9. The zero-order valence-corrected chi connectivity index (χ0v) is 16.8. The molecular weight excluding hydrogens is 366 g/mol. The largest absolute Gasteiger partial charge is 0.276 e. The van der Waals surface area contributed by atoms with E-state index in [2.05, 4.69) is 55.6 Å². The van der Waals surface area contributed by atoms with Gasteiger partial charge in [-0.1, -0.05) is 57.2 Å². The first-order valence-corrected chi connectivity index (χ1v) is 9.61. The number of amides is 1. The summed E-state index contributed by atoms with van der Waals surface area (Å²) in [5, 5.41) is 14.9. The minimum atomic E-state index is -0.431. The van der Waals surface area contributed by atoms with Gasteiger partial charge in [0.25, 0.3) is 5.69 Å². The fourth-order valence-electron chi connectivity index (χ4n) is 3.25. The van der Waals surface area contributed by atoms with Crippen LogP contribution in [-0.4, -0.2) is 17.0 Å². The maximum atomic E-state index is 12.3. The van der Waals surface area contributed by atoms with Gasteiger partial charge in [-0.3, -0.25) is 14.9 Å². The van der Waals surface area contributed by atoms with Crippen molar-refractivity contribution in [2.45, 2.75) is 38.5 Å². The quantitative estimate of drug-likeness (QED) is 0.436. The van der Waals surface area contributed by atoms with Crippen molar-refractivity contribution in [3.8, 4) is 0 Å². The number of hydrogen-bond acceptors (Lipinski definition) is 4. The zero-order chi connectivity index (χ0) is 21.0. The Bertz CT molecular complexity index is 956. The highest BCUT2D eigenvalue weighted by atomic mass is 16.6. The summed E-state index contributed by atoms with van der Waals surface area (Å²) in [5.74, 6) is 0.0683. The lowest BCUT2D eigenvalue weighted by molar-refractivity contribution is -0.385. The topological polar surface area (TPSA) is 84.6 Å². The van der Waals surface area contributed by atoms with Crippen LogP contribution in [0.1, 0.15) is 49.8 Å². The van der Waals surface area contributed by atoms with Crippen LogP contribution in [0.3, 0.4) is 0 Å². The number of para-hydroxylation sites is 1. The third-order valence-corrected chi connectivity index (χ3v) is 5.08. The van der Waals surface area contributed by atoms with Crippen LogP contribution >= 0.6 is 0 Å². The molecule has 150 valence electrons. The third-order valence-electron chi connectivity index (χ3n) is 5.08. The minimum absolute atomic E-state index is 0.0273. The molecule has 2 unspecified atom stereocenters. The van der Waals surface area contributed by atoms with Gasteiger partial charge in [-0.15, -0.1) is 0 Å². The number of nitrogens with one attached hydrogen (secondary N) is 1.